The number of carbonyl (C=O) groups excluding carboxylic acids is 3. The van der Waals surface area contributed by atoms with Gasteiger partial charge in [-0.3, -0.25) is 9.59 Å². The fourth-order valence-corrected chi connectivity index (χ4v) is 3.86. The van der Waals surface area contributed by atoms with Crippen LogP contribution in [0.5, 0.6) is 0 Å². The second kappa shape index (κ2) is 9.73. The lowest BCUT2D eigenvalue weighted by atomic mass is 10.0. The Morgan fingerprint density at radius 3 is 2.41 bits per heavy atom. The second-order valence-corrected chi connectivity index (χ2v) is 7.65. The van der Waals surface area contributed by atoms with Crippen molar-refractivity contribution in [1.82, 2.24) is 20.0 Å². The average molecular weight is 402 g/mol. The van der Waals surface area contributed by atoms with Crippen molar-refractivity contribution in [3.8, 4) is 0 Å². The maximum Gasteiger partial charge on any atom is 0.317 e. The molecule has 0 aromatic heterocycles. The Bertz CT molecular complexity index is 729. The third-order valence-corrected chi connectivity index (χ3v) is 5.61. The van der Waals surface area contributed by atoms with Gasteiger partial charge in [-0.15, -0.1) is 0 Å². The van der Waals surface area contributed by atoms with Gasteiger partial charge in [-0.05, 0) is 25.3 Å². The van der Waals surface area contributed by atoms with Gasteiger partial charge >= 0.3 is 17.8 Å². The zero-order chi connectivity index (χ0) is 20.8. The minimum Gasteiger partial charge on any atom is -0.383 e. The summed E-state index contributed by atoms with van der Waals surface area (Å²) in [6, 6.07) is 7.91. The fourth-order valence-electron chi connectivity index (χ4n) is 3.86. The first-order valence-corrected chi connectivity index (χ1v) is 10.2. The van der Waals surface area contributed by atoms with Gasteiger partial charge in [0.25, 0.3) is 0 Å². The van der Waals surface area contributed by atoms with E-state index < -0.39 is 11.8 Å². The standard InChI is InChI=1S/C21H30N4O4/c1-16-3-5-17(6-4-16)15-24-12-13-25(20(27)19(24)26)18-7-10-23(11-8-18)21(28)22-9-14-29-2/h3-6,18H,7-15H2,1-2H3,(H,22,28). The number of likely N-dealkylation sites (tertiary alicyclic amines) is 1. The molecule has 0 saturated carbocycles. The van der Waals surface area contributed by atoms with Crippen LogP contribution < -0.4 is 5.32 Å². The van der Waals surface area contributed by atoms with Crippen molar-refractivity contribution < 1.29 is 19.1 Å². The van der Waals surface area contributed by atoms with E-state index >= 15 is 0 Å². The van der Waals surface area contributed by atoms with Crippen LogP contribution in [-0.4, -0.2) is 85.0 Å². The topological polar surface area (TPSA) is 82.2 Å². The minimum atomic E-state index is -0.434. The molecule has 1 aromatic rings. The first-order chi connectivity index (χ1) is 14.0. The SMILES string of the molecule is COCCNC(=O)N1CCC(N2CCN(Cc3ccc(C)cc3)C(=O)C2=O)CC1. The molecule has 0 radical (unpaired) electrons. The van der Waals surface area contributed by atoms with Crippen molar-refractivity contribution in [3.05, 3.63) is 35.4 Å². The molecule has 2 heterocycles. The summed E-state index contributed by atoms with van der Waals surface area (Å²) < 4.78 is 4.94. The third kappa shape index (κ3) is 5.26. The molecule has 8 nitrogen and oxygen atoms in total. The van der Waals surface area contributed by atoms with E-state index in [9.17, 15) is 14.4 Å². The number of urea groups is 1. The number of hydrogen-bond donors (Lipinski definition) is 1. The van der Waals surface area contributed by atoms with Gasteiger partial charge in [0.1, 0.15) is 0 Å². The van der Waals surface area contributed by atoms with Gasteiger partial charge in [-0.1, -0.05) is 29.8 Å². The van der Waals surface area contributed by atoms with Gasteiger partial charge in [0.2, 0.25) is 0 Å². The Labute approximate surface area is 171 Å². The molecule has 0 atom stereocenters. The lowest BCUT2D eigenvalue weighted by molar-refractivity contribution is -0.158. The zero-order valence-corrected chi connectivity index (χ0v) is 17.2. The molecule has 0 unspecified atom stereocenters. The summed E-state index contributed by atoms with van der Waals surface area (Å²) >= 11 is 0. The first-order valence-electron chi connectivity index (χ1n) is 10.2. The highest BCUT2D eigenvalue weighted by Crippen LogP contribution is 2.20. The average Bonchev–Trinajstić information content (AvgIpc) is 2.73. The summed E-state index contributed by atoms with van der Waals surface area (Å²) in [5, 5.41) is 2.82. The quantitative estimate of drug-likeness (QED) is 0.568. The monoisotopic (exact) mass is 402 g/mol. The van der Waals surface area contributed by atoms with E-state index in [0.29, 0.717) is 58.7 Å². The summed E-state index contributed by atoms with van der Waals surface area (Å²) in [5.74, 6) is -0.858. The third-order valence-electron chi connectivity index (χ3n) is 5.61. The number of ether oxygens (including phenoxy) is 1. The van der Waals surface area contributed by atoms with E-state index in [0.717, 1.165) is 5.56 Å². The molecule has 0 bridgehead atoms. The van der Waals surface area contributed by atoms with Gasteiger partial charge in [-0.25, -0.2) is 4.79 Å². The van der Waals surface area contributed by atoms with Crippen LogP contribution in [0.15, 0.2) is 24.3 Å². The number of rotatable bonds is 6. The Balaban J connectivity index is 1.49. The van der Waals surface area contributed by atoms with Gasteiger partial charge in [0.05, 0.1) is 6.61 Å². The van der Waals surface area contributed by atoms with E-state index in [1.54, 1.807) is 21.8 Å². The molecular formula is C21H30N4O4. The normalized spacial score (nSPS) is 18.3. The van der Waals surface area contributed by atoms with Crippen molar-refractivity contribution in [1.29, 1.82) is 0 Å². The number of nitrogens with zero attached hydrogens (tertiary/aromatic N) is 3. The van der Waals surface area contributed by atoms with Crippen molar-refractivity contribution in [2.45, 2.75) is 32.4 Å². The Morgan fingerprint density at radius 2 is 1.76 bits per heavy atom. The van der Waals surface area contributed by atoms with Crippen molar-refractivity contribution in [2.24, 2.45) is 0 Å². The van der Waals surface area contributed by atoms with Crippen molar-refractivity contribution in [2.75, 3.05) is 46.4 Å². The highest BCUT2D eigenvalue weighted by atomic mass is 16.5. The molecule has 29 heavy (non-hydrogen) atoms. The van der Waals surface area contributed by atoms with Crippen LogP contribution in [-0.2, 0) is 20.9 Å². The number of methoxy groups -OCH3 is 1. The predicted octanol–water partition coefficient (Wildman–Crippen LogP) is 0.986. The molecule has 1 aromatic carbocycles. The molecule has 2 aliphatic rings. The Hall–Kier alpha value is -2.61. The molecule has 3 rings (SSSR count). The maximum atomic E-state index is 12.7. The van der Waals surface area contributed by atoms with E-state index in [1.165, 1.54) is 5.56 Å². The molecule has 1 N–H and O–H groups in total. The number of benzene rings is 1. The zero-order valence-electron chi connectivity index (χ0n) is 17.2. The Morgan fingerprint density at radius 1 is 1.07 bits per heavy atom. The number of piperazine rings is 1. The molecule has 0 aliphatic carbocycles. The lowest BCUT2D eigenvalue weighted by Crippen LogP contribution is -2.59. The van der Waals surface area contributed by atoms with Crippen LogP contribution in [0.1, 0.15) is 24.0 Å². The van der Waals surface area contributed by atoms with Crippen molar-refractivity contribution in [3.63, 3.8) is 0 Å². The fraction of sp³-hybridized carbons (Fsp3) is 0.571. The smallest absolute Gasteiger partial charge is 0.317 e. The number of aryl methyl sites for hydroxylation is 1. The summed E-state index contributed by atoms with van der Waals surface area (Å²) in [6.45, 7) is 5.67. The lowest BCUT2D eigenvalue weighted by Gasteiger charge is -2.42. The number of amides is 4. The molecule has 2 saturated heterocycles. The summed E-state index contributed by atoms with van der Waals surface area (Å²) in [6.07, 6.45) is 1.38. The van der Waals surface area contributed by atoms with Crippen LogP contribution in [0, 0.1) is 6.92 Å². The predicted molar refractivity (Wildman–Crippen MR) is 108 cm³/mol. The number of hydrogen-bond acceptors (Lipinski definition) is 4. The number of nitrogens with one attached hydrogen (secondary N) is 1. The van der Waals surface area contributed by atoms with Gasteiger partial charge < -0.3 is 24.8 Å². The first kappa shape index (κ1) is 21.1. The van der Waals surface area contributed by atoms with E-state index in [2.05, 4.69) is 5.32 Å². The summed E-state index contributed by atoms with van der Waals surface area (Å²) in [5.41, 5.74) is 2.19. The maximum absolute atomic E-state index is 12.7. The number of carbonyl (C=O) groups is 3. The van der Waals surface area contributed by atoms with Crippen LogP contribution in [0.25, 0.3) is 0 Å². The molecular weight excluding hydrogens is 372 g/mol. The molecule has 8 heteroatoms. The molecule has 4 amide bonds. The van der Waals surface area contributed by atoms with Crippen LogP contribution >= 0.6 is 0 Å². The molecule has 2 fully saturated rings. The highest BCUT2D eigenvalue weighted by Gasteiger charge is 2.37. The van der Waals surface area contributed by atoms with Crippen LogP contribution in [0.4, 0.5) is 4.79 Å². The molecule has 158 valence electrons. The summed E-state index contributed by atoms with van der Waals surface area (Å²) in [7, 11) is 1.59. The van der Waals surface area contributed by atoms with E-state index in [4.69, 9.17) is 4.74 Å². The second-order valence-electron chi connectivity index (χ2n) is 7.65. The molecule has 2 aliphatic heterocycles. The van der Waals surface area contributed by atoms with Crippen LogP contribution in [0.3, 0.4) is 0 Å². The largest absolute Gasteiger partial charge is 0.383 e. The summed E-state index contributed by atoms with van der Waals surface area (Å²) in [4.78, 5) is 42.5. The molecule has 0 spiro atoms. The highest BCUT2D eigenvalue weighted by molar-refractivity contribution is 6.35. The van der Waals surface area contributed by atoms with Gasteiger partial charge in [-0.2, -0.15) is 0 Å². The van der Waals surface area contributed by atoms with E-state index in [1.807, 2.05) is 31.2 Å². The Kier molecular flexibility index (Phi) is 7.09. The number of piperidine rings is 1. The van der Waals surface area contributed by atoms with Gasteiger partial charge in [0.15, 0.2) is 0 Å². The van der Waals surface area contributed by atoms with Gasteiger partial charge in [0, 0.05) is 52.4 Å². The minimum absolute atomic E-state index is 0.0102. The van der Waals surface area contributed by atoms with E-state index in [-0.39, 0.29) is 12.1 Å². The van der Waals surface area contributed by atoms with Crippen molar-refractivity contribution >= 4 is 17.8 Å². The van der Waals surface area contributed by atoms with Crippen LogP contribution in [0.2, 0.25) is 0 Å².